The summed E-state index contributed by atoms with van der Waals surface area (Å²) in [6, 6.07) is 10.3. The summed E-state index contributed by atoms with van der Waals surface area (Å²) >= 11 is 5.91. The van der Waals surface area contributed by atoms with E-state index >= 15 is 0 Å². The van der Waals surface area contributed by atoms with Crippen molar-refractivity contribution in [1.29, 1.82) is 0 Å². The number of carbonyl (C=O) groups is 1. The molecule has 5 nitrogen and oxygen atoms in total. The fraction of sp³-hybridized carbons (Fsp3) is 0.294. The first-order valence-corrected chi connectivity index (χ1v) is 8.12. The summed E-state index contributed by atoms with van der Waals surface area (Å²) in [5, 5.41) is 3.43. The first kappa shape index (κ1) is 16.7. The molecule has 0 aliphatic carbocycles. The number of nitrogens with zero attached hydrogens (tertiary/aromatic N) is 3. The number of rotatable bonds is 4. The summed E-state index contributed by atoms with van der Waals surface area (Å²) < 4.78 is 13.2. The zero-order chi connectivity index (χ0) is 16.9. The molecule has 1 N–H and O–H groups in total. The van der Waals surface area contributed by atoms with Crippen molar-refractivity contribution in [1.82, 2.24) is 9.88 Å². The van der Waals surface area contributed by atoms with E-state index < -0.39 is 5.95 Å². The minimum atomic E-state index is -0.476. The van der Waals surface area contributed by atoms with E-state index in [4.69, 9.17) is 11.6 Å². The molecule has 1 aliphatic heterocycles. The molecule has 1 amide bonds. The molecule has 1 aromatic heterocycles. The Labute approximate surface area is 145 Å². The molecule has 0 bridgehead atoms. The molecule has 2 heterocycles. The Morgan fingerprint density at radius 3 is 2.71 bits per heavy atom. The summed E-state index contributed by atoms with van der Waals surface area (Å²) in [7, 11) is 0. The normalized spacial score (nSPS) is 15.3. The van der Waals surface area contributed by atoms with Gasteiger partial charge in [-0.05, 0) is 24.3 Å². The maximum absolute atomic E-state index is 13.2. The van der Waals surface area contributed by atoms with Crippen LogP contribution >= 0.6 is 11.6 Å². The van der Waals surface area contributed by atoms with Crippen LogP contribution in [0.1, 0.15) is 0 Å². The van der Waals surface area contributed by atoms with Crippen LogP contribution in [0.3, 0.4) is 0 Å². The van der Waals surface area contributed by atoms with Crippen LogP contribution in [0.4, 0.5) is 15.8 Å². The molecule has 3 rings (SSSR count). The number of anilines is 2. The number of benzene rings is 1. The van der Waals surface area contributed by atoms with Crippen molar-refractivity contribution in [2.75, 3.05) is 42.9 Å². The van der Waals surface area contributed by atoms with Gasteiger partial charge in [0.05, 0.1) is 6.54 Å². The zero-order valence-corrected chi connectivity index (χ0v) is 13.8. The standard InChI is InChI=1S/C17H18ClFN4O/c18-13-2-1-3-14(10-13)21-17(24)12-22-6-8-23(9-7-22)15-4-5-20-16(19)11-15/h1-5,10-11H,6-9,12H2,(H,21,24). The van der Waals surface area contributed by atoms with E-state index in [9.17, 15) is 9.18 Å². The molecule has 24 heavy (non-hydrogen) atoms. The number of pyridine rings is 1. The van der Waals surface area contributed by atoms with Crippen molar-refractivity contribution in [3.05, 3.63) is 53.6 Å². The van der Waals surface area contributed by atoms with Crippen LogP contribution in [0.15, 0.2) is 42.6 Å². The average molecular weight is 349 g/mol. The number of hydrogen-bond donors (Lipinski definition) is 1. The molecule has 0 atom stereocenters. The lowest BCUT2D eigenvalue weighted by Gasteiger charge is -2.35. The molecule has 1 aliphatic rings. The first-order valence-electron chi connectivity index (χ1n) is 7.74. The van der Waals surface area contributed by atoms with Gasteiger partial charge in [-0.15, -0.1) is 0 Å². The first-order chi connectivity index (χ1) is 11.6. The molecule has 126 valence electrons. The smallest absolute Gasteiger partial charge is 0.238 e. The van der Waals surface area contributed by atoms with E-state index in [0.29, 0.717) is 17.3 Å². The highest BCUT2D eigenvalue weighted by Gasteiger charge is 2.19. The van der Waals surface area contributed by atoms with E-state index in [-0.39, 0.29) is 5.91 Å². The van der Waals surface area contributed by atoms with Crippen LogP contribution in [-0.2, 0) is 4.79 Å². The van der Waals surface area contributed by atoms with Gasteiger partial charge in [0.1, 0.15) is 0 Å². The van der Waals surface area contributed by atoms with Crippen molar-refractivity contribution in [2.45, 2.75) is 0 Å². The molecular weight excluding hydrogens is 331 g/mol. The second kappa shape index (κ2) is 7.59. The van der Waals surface area contributed by atoms with E-state index in [1.807, 2.05) is 0 Å². The lowest BCUT2D eigenvalue weighted by molar-refractivity contribution is -0.117. The molecule has 0 saturated carbocycles. The molecular formula is C17H18ClFN4O. The number of amides is 1. The molecule has 1 aromatic carbocycles. The molecule has 0 unspecified atom stereocenters. The maximum atomic E-state index is 13.2. The Morgan fingerprint density at radius 1 is 1.21 bits per heavy atom. The van der Waals surface area contributed by atoms with Crippen molar-refractivity contribution >= 4 is 28.9 Å². The Balaban J connectivity index is 1.49. The van der Waals surface area contributed by atoms with Crippen molar-refractivity contribution in [2.24, 2.45) is 0 Å². The maximum Gasteiger partial charge on any atom is 0.238 e. The summed E-state index contributed by atoms with van der Waals surface area (Å²) in [5.74, 6) is -0.545. The van der Waals surface area contributed by atoms with Crippen molar-refractivity contribution < 1.29 is 9.18 Å². The van der Waals surface area contributed by atoms with Gasteiger partial charge in [-0.1, -0.05) is 17.7 Å². The van der Waals surface area contributed by atoms with Gasteiger partial charge in [0, 0.05) is 54.8 Å². The van der Waals surface area contributed by atoms with Gasteiger partial charge in [0.15, 0.2) is 0 Å². The highest BCUT2D eigenvalue weighted by molar-refractivity contribution is 6.30. The lowest BCUT2D eigenvalue weighted by Crippen LogP contribution is -2.48. The Hall–Kier alpha value is -2.18. The van der Waals surface area contributed by atoms with E-state index in [2.05, 4.69) is 20.1 Å². The summed E-state index contributed by atoms with van der Waals surface area (Å²) in [4.78, 5) is 19.9. The number of halogens is 2. The second-order valence-corrected chi connectivity index (χ2v) is 6.09. The van der Waals surface area contributed by atoms with Crippen LogP contribution in [0.2, 0.25) is 5.02 Å². The minimum absolute atomic E-state index is 0.0688. The predicted molar refractivity (Wildman–Crippen MR) is 92.9 cm³/mol. The number of aromatic nitrogens is 1. The molecule has 2 aromatic rings. The third kappa shape index (κ3) is 4.43. The largest absolute Gasteiger partial charge is 0.369 e. The predicted octanol–water partition coefficient (Wildman–Crippen LogP) is 2.63. The summed E-state index contributed by atoms with van der Waals surface area (Å²) in [6.45, 7) is 3.30. The van der Waals surface area contributed by atoms with Crippen LogP contribution in [-0.4, -0.2) is 48.5 Å². The fourth-order valence-corrected chi connectivity index (χ4v) is 2.91. The number of nitrogens with one attached hydrogen (secondary N) is 1. The molecule has 1 fully saturated rings. The minimum Gasteiger partial charge on any atom is -0.369 e. The van der Waals surface area contributed by atoms with Crippen LogP contribution in [0, 0.1) is 5.95 Å². The SMILES string of the molecule is O=C(CN1CCN(c2ccnc(F)c2)CC1)Nc1cccc(Cl)c1. The van der Waals surface area contributed by atoms with Gasteiger partial charge >= 0.3 is 0 Å². The second-order valence-electron chi connectivity index (χ2n) is 5.66. The van der Waals surface area contributed by atoms with Gasteiger partial charge < -0.3 is 10.2 Å². The average Bonchev–Trinajstić information content (AvgIpc) is 2.55. The Morgan fingerprint density at radius 2 is 2.00 bits per heavy atom. The molecule has 0 spiro atoms. The van der Waals surface area contributed by atoms with Crippen molar-refractivity contribution in [3.8, 4) is 0 Å². The quantitative estimate of drug-likeness (QED) is 0.863. The highest BCUT2D eigenvalue weighted by Crippen LogP contribution is 2.17. The van der Waals surface area contributed by atoms with Crippen molar-refractivity contribution in [3.63, 3.8) is 0 Å². The van der Waals surface area contributed by atoms with Crippen LogP contribution in [0.25, 0.3) is 0 Å². The van der Waals surface area contributed by atoms with Crippen LogP contribution < -0.4 is 10.2 Å². The highest BCUT2D eigenvalue weighted by atomic mass is 35.5. The lowest BCUT2D eigenvalue weighted by atomic mass is 10.2. The molecule has 0 radical (unpaired) electrons. The topological polar surface area (TPSA) is 48.5 Å². The van der Waals surface area contributed by atoms with Gasteiger partial charge in [0.2, 0.25) is 11.9 Å². The van der Waals surface area contributed by atoms with E-state index in [0.717, 1.165) is 31.9 Å². The number of hydrogen-bond acceptors (Lipinski definition) is 4. The monoisotopic (exact) mass is 348 g/mol. The van der Waals surface area contributed by atoms with E-state index in [1.165, 1.54) is 12.3 Å². The van der Waals surface area contributed by atoms with Gasteiger partial charge in [0.25, 0.3) is 0 Å². The van der Waals surface area contributed by atoms with E-state index in [1.54, 1.807) is 30.3 Å². The Bertz CT molecular complexity index is 719. The van der Waals surface area contributed by atoms with Gasteiger partial charge in [-0.25, -0.2) is 4.98 Å². The number of piperazine rings is 1. The van der Waals surface area contributed by atoms with Gasteiger partial charge in [-0.3, -0.25) is 9.69 Å². The summed E-state index contributed by atoms with van der Waals surface area (Å²) in [5.41, 5.74) is 1.52. The Kier molecular flexibility index (Phi) is 5.27. The third-order valence-corrected chi connectivity index (χ3v) is 4.16. The number of carbonyl (C=O) groups excluding carboxylic acids is 1. The van der Waals surface area contributed by atoms with Gasteiger partial charge in [-0.2, -0.15) is 4.39 Å². The molecule has 1 saturated heterocycles. The fourth-order valence-electron chi connectivity index (χ4n) is 2.72. The zero-order valence-electron chi connectivity index (χ0n) is 13.1. The third-order valence-electron chi connectivity index (χ3n) is 3.92. The molecule has 7 heteroatoms. The van der Waals surface area contributed by atoms with Crippen LogP contribution in [0.5, 0.6) is 0 Å². The summed E-state index contributed by atoms with van der Waals surface area (Å²) in [6.07, 6.45) is 1.47.